The Hall–Kier alpha value is -1.39. The second kappa shape index (κ2) is 3.85. The van der Waals surface area contributed by atoms with Crippen LogP contribution in [0, 0.1) is 11.8 Å². The number of carbonyl (C=O) groups excluding carboxylic acids is 1. The van der Waals surface area contributed by atoms with Gasteiger partial charge in [0.15, 0.2) is 0 Å². The lowest BCUT2D eigenvalue weighted by atomic mass is 9.91. The van der Waals surface area contributed by atoms with Crippen molar-refractivity contribution in [2.24, 2.45) is 11.8 Å². The van der Waals surface area contributed by atoms with Gasteiger partial charge in [0.1, 0.15) is 11.7 Å². The molecule has 0 fully saturated rings. The minimum absolute atomic E-state index is 0.641. The van der Waals surface area contributed by atoms with Gasteiger partial charge in [-0.3, -0.25) is 14.4 Å². The van der Waals surface area contributed by atoms with Crippen molar-refractivity contribution in [3.63, 3.8) is 0 Å². The van der Waals surface area contributed by atoms with Crippen molar-refractivity contribution in [1.29, 1.82) is 0 Å². The fourth-order valence-corrected chi connectivity index (χ4v) is 0.882. The zero-order valence-electron chi connectivity index (χ0n) is 6.77. The summed E-state index contributed by atoms with van der Waals surface area (Å²) < 4.78 is 0. The van der Waals surface area contributed by atoms with Crippen LogP contribution in [0.5, 0.6) is 0 Å². The van der Waals surface area contributed by atoms with Crippen molar-refractivity contribution in [2.75, 3.05) is 0 Å². The highest BCUT2D eigenvalue weighted by molar-refractivity contribution is 6.00. The van der Waals surface area contributed by atoms with Gasteiger partial charge in [0.25, 0.3) is 0 Å². The molecule has 2 atom stereocenters. The van der Waals surface area contributed by atoms with E-state index in [1.54, 1.807) is 0 Å². The van der Waals surface area contributed by atoms with Crippen molar-refractivity contribution in [1.82, 2.24) is 0 Å². The molecule has 0 saturated heterocycles. The van der Waals surface area contributed by atoms with Crippen molar-refractivity contribution >= 4 is 17.7 Å². The summed E-state index contributed by atoms with van der Waals surface area (Å²) in [5, 5.41) is 16.9. The monoisotopic (exact) mass is 174 g/mol. The van der Waals surface area contributed by atoms with Crippen molar-refractivity contribution in [3.8, 4) is 0 Å². The van der Waals surface area contributed by atoms with E-state index in [1.807, 2.05) is 0 Å². The third kappa shape index (κ3) is 2.34. The van der Waals surface area contributed by atoms with Gasteiger partial charge in [-0.1, -0.05) is 6.92 Å². The summed E-state index contributed by atoms with van der Waals surface area (Å²) in [4.78, 5) is 31.4. The first kappa shape index (κ1) is 10.6. The summed E-state index contributed by atoms with van der Waals surface area (Å²) in [5.74, 6) is -5.94. The minimum Gasteiger partial charge on any atom is -0.481 e. The van der Waals surface area contributed by atoms with Crippen LogP contribution in [-0.2, 0) is 14.4 Å². The molecule has 0 heterocycles. The summed E-state index contributed by atoms with van der Waals surface area (Å²) in [7, 11) is 0. The van der Waals surface area contributed by atoms with Crippen LogP contribution < -0.4 is 0 Å². The highest BCUT2D eigenvalue weighted by Gasteiger charge is 2.33. The van der Waals surface area contributed by atoms with Crippen LogP contribution in [0.25, 0.3) is 0 Å². The van der Waals surface area contributed by atoms with Crippen molar-refractivity contribution in [3.05, 3.63) is 0 Å². The average Bonchev–Trinajstić information content (AvgIpc) is 1.85. The van der Waals surface area contributed by atoms with Gasteiger partial charge in [0.2, 0.25) is 0 Å². The number of aliphatic carboxylic acids is 2. The Morgan fingerprint density at radius 3 is 1.58 bits per heavy atom. The van der Waals surface area contributed by atoms with Crippen LogP contribution in [0.3, 0.4) is 0 Å². The molecule has 2 N–H and O–H groups in total. The molecule has 0 aromatic carbocycles. The van der Waals surface area contributed by atoms with Crippen molar-refractivity contribution in [2.45, 2.75) is 13.8 Å². The Labute approximate surface area is 69.0 Å². The van der Waals surface area contributed by atoms with Gasteiger partial charge in [-0.2, -0.15) is 0 Å². The number of hydrogen-bond acceptors (Lipinski definition) is 3. The summed E-state index contributed by atoms with van der Waals surface area (Å²) in [5.41, 5.74) is 0. The Morgan fingerprint density at radius 2 is 1.50 bits per heavy atom. The fraction of sp³-hybridized carbons (Fsp3) is 0.571. The Morgan fingerprint density at radius 1 is 1.08 bits per heavy atom. The summed E-state index contributed by atoms with van der Waals surface area (Å²) >= 11 is 0. The van der Waals surface area contributed by atoms with E-state index >= 15 is 0 Å². The van der Waals surface area contributed by atoms with Gasteiger partial charge in [-0.05, 0) is 6.92 Å². The van der Waals surface area contributed by atoms with Gasteiger partial charge in [0, 0.05) is 0 Å². The maximum atomic E-state index is 10.7. The number of carbonyl (C=O) groups is 3. The van der Waals surface area contributed by atoms with Crippen LogP contribution >= 0.6 is 0 Å². The quantitative estimate of drug-likeness (QED) is 0.585. The van der Waals surface area contributed by atoms with Crippen LogP contribution in [0.1, 0.15) is 13.8 Å². The second-order valence-electron chi connectivity index (χ2n) is 2.55. The smallest absolute Gasteiger partial charge is 0.314 e. The third-order valence-electron chi connectivity index (χ3n) is 1.59. The molecule has 0 aliphatic rings. The fourth-order valence-electron chi connectivity index (χ4n) is 0.882. The first-order valence-electron chi connectivity index (χ1n) is 3.34. The van der Waals surface area contributed by atoms with Gasteiger partial charge < -0.3 is 10.2 Å². The molecule has 0 radical (unpaired) electrons. The van der Waals surface area contributed by atoms with Gasteiger partial charge in [0.05, 0.1) is 5.92 Å². The van der Waals surface area contributed by atoms with Gasteiger partial charge >= 0.3 is 11.9 Å². The Balaban J connectivity index is 4.63. The molecule has 12 heavy (non-hydrogen) atoms. The number of hydrogen-bond donors (Lipinski definition) is 2. The SMILES string of the molecule is CC(=O)C(C(=O)O)C(C)C(=O)O. The van der Waals surface area contributed by atoms with Gasteiger partial charge in [-0.15, -0.1) is 0 Å². The lowest BCUT2D eigenvalue weighted by Crippen LogP contribution is -2.32. The van der Waals surface area contributed by atoms with Crippen molar-refractivity contribution < 1.29 is 24.6 Å². The van der Waals surface area contributed by atoms with E-state index in [0.29, 0.717) is 0 Å². The molecular weight excluding hydrogens is 164 g/mol. The standard InChI is InChI=1S/C7H10O5/c1-3(6(9)10)5(4(2)8)7(11)12/h3,5H,1-2H3,(H,9,10)(H,11,12). The average molecular weight is 174 g/mol. The Bertz CT molecular complexity index is 206. The first-order valence-corrected chi connectivity index (χ1v) is 3.34. The van der Waals surface area contributed by atoms with E-state index in [2.05, 4.69) is 0 Å². The van der Waals surface area contributed by atoms with E-state index in [0.717, 1.165) is 6.92 Å². The van der Waals surface area contributed by atoms with E-state index in [9.17, 15) is 14.4 Å². The molecule has 0 saturated carbocycles. The van der Waals surface area contributed by atoms with Gasteiger partial charge in [-0.25, -0.2) is 0 Å². The van der Waals surface area contributed by atoms with E-state index in [4.69, 9.17) is 10.2 Å². The predicted octanol–water partition coefficient (Wildman–Crippen LogP) is -0.00310. The molecule has 5 nitrogen and oxygen atoms in total. The molecular formula is C7H10O5. The molecule has 0 aromatic heterocycles. The normalized spacial score (nSPS) is 14.8. The maximum Gasteiger partial charge on any atom is 0.314 e. The zero-order chi connectivity index (χ0) is 9.89. The lowest BCUT2D eigenvalue weighted by molar-refractivity contribution is -0.156. The van der Waals surface area contributed by atoms with E-state index in [1.165, 1.54) is 6.92 Å². The number of ketones is 1. The second-order valence-corrected chi connectivity index (χ2v) is 2.55. The number of carboxylic acid groups (broad SMARTS) is 2. The maximum absolute atomic E-state index is 10.7. The van der Waals surface area contributed by atoms with Crippen LogP contribution in [-0.4, -0.2) is 27.9 Å². The lowest BCUT2D eigenvalue weighted by Gasteiger charge is -2.12. The first-order chi connectivity index (χ1) is 5.37. The third-order valence-corrected chi connectivity index (χ3v) is 1.59. The molecule has 5 heteroatoms. The molecule has 0 spiro atoms. The molecule has 0 aliphatic heterocycles. The summed E-state index contributed by atoms with van der Waals surface area (Å²) in [6.07, 6.45) is 0. The topological polar surface area (TPSA) is 91.7 Å². The Kier molecular flexibility index (Phi) is 3.40. The zero-order valence-corrected chi connectivity index (χ0v) is 6.77. The molecule has 68 valence electrons. The molecule has 0 bridgehead atoms. The summed E-state index contributed by atoms with van der Waals surface area (Å²) in [6.45, 7) is 2.26. The minimum atomic E-state index is -1.44. The number of rotatable bonds is 4. The molecule has 0 aromatic rings. The van der Waals surface area contributed by atoms with Crippen LogP contribution in [0.4, 0.5) is 0 Å². The van der Waals surface area contributed by atoms with E-state index < -0.39 is 29.6 Å². The largest absolute Gasteiger partial charge is 0.481 e. The summed E-state index contributed by atoms with van der Waals surface area (Å²) in [6, 6.07) is 0. The number of Topliss-reactive ketones (excluding diaryl/α,β-unsaturated/α-hetero) is 1. The highest BCUT2D eigenvalue weighted by atomic mass is 16.4. The number of carboxylic acids is 2. The van der Waals surface area contributed by atoms with Crippen LogP contribution in [0.15, 0.2) is 0 Å². The van der Waals surface area contributed by atoms with Crippen LogP contribution in [0.2, 0.25) is 0 Å². The molecule has 0 amide bonds. The molecule has 2 unspecified atom stereocenters. The molecule has 0 rings (SSSR count). The predicted molar refractivity (Wildman–Crippen MR) is 38.6 cm³/mol. The highest BCUT2D eigenvalue weighted by Crippen LogP contribution is 2.13. The molecule has 0 aliphatic carbocycles. The van der Waals surface area contributed by atoms with E-state index in [-0.39, 0.29) is 0 Å².